The first kappa shape index (κ1) is 10.6. The summed E-state index contributed by atoms with van der Waals surface area (Å²) in [6, 6.07) is 0.352. The van der Waals surface area contributed by atoms with Gasteiger partial charge in [0.2, 0.25) is 0 Å². The van der Waals surface area contributed by atoms with E-state index in [1.807, 2.05) is 6.92 Å². The summed E-state index contributed by atoms with van der Waals surface area (Å²) in [5.41, 5.74) is 0. The van der Waals surface area contributed by atoms with Crippen molar-refractivity contribution in [3.05, 3.63) is 11.6 Å². The summed E-state index contributed by atoms with van der Waals surface area (Å²) >= 11 is 0. The first-order chi connectivity index (χ1) is 7.33. The van der Waals surface area contributed by atoms with Crippen LogP contribution in [0.1, 0.15) is 37.0 Å². The molecule has 1 aromatic heterocycles. The van der Waals surface area contributed by atoms with Gasteiger partial charge >= 0.3 is 0 Å². The summed E-state index contributed by atoms with van der Waals surface area (Å²) in [6.45, 7) is 4.05. The molecule has 0 bridgehead atoms. The van der Waals surface area contributed by atoms with Crippen LogP contribution in [0.3, 0.4) is 0 Å². The molecule has 0 aromatic carbocycles. The lowest BCUT2D eigenvalue weighted by Crippen LogP contribution is -2.19. The van der Waals surface area contributed by atoms with Crippen molar-refractivity contribution in [1.82, 2.24) is 20.1 Å². The molecule has 1 aliphatic rings. The second-order valence-corrected chi connectivity index (χ2v) is 3.98. The minimum atomic E-state index is 0.217. The highest BCUT2D eigenvalue weighted by atomic mass is 16.3. The van der Waals surface area contributed by atoms with E-state index in [-0.39, 0.29) is 6.61 Å². The Kier molecular flexibility index (Phi) is 3.33. The van der Waals surface area contributed by atoms with Gasteiger partial charge in [-0.25, -0.2) is 0 Å². The summed E-state index contributed by atoms with van der Waals surface area (Å²) in [5, 5.41) is 20.6. The molecule has 15 heavy (non-hydrogen) atoms. The van der Waals surface area contributed by atoms with Crippen molar-refractivity contribution < 1.29 is 5.11 Å². The third-order valence-corrected chi connectivity index (χ3v) is 2.88. The summed E-state index contributed by atoms with van der Waals surface area (Å²) in [6.07, 6.45) is 3.10. The maximum Gasteiger partial charge on any atom is 0.150 e. The minimum Gasteiger partial charge on any atom is -0.396 e. The Morgan fingerprint density at radius 3 is 3.07 bits per heavy atom. The van der Waals surface area contributed by atoms with E-state index < -0.39 is 0 Å². The molecule has 1 unspecified atom stereocenters. The fourth-order valence-electron chi connectivity index (χ4n) is 2.07. The van der Waals surface area contributed by atoms with Gasteiger partial charge in [-0.2, -0.15) is 0 Å². The molecule has 0 radical (unpaired) electrons. The SMILES string of the molecule is Cc1nnc(C2CCCN2)n1CCCO. The van der Waals surface area contributed by atoms with E-state index in [0.717, 1.165) is 37.6 Å². The van der Waals surface area contributed by atoms with Crippen molar-refractivity contribution in [2.24, 2.45) is 0 Å². The largest absolute Gasteiger partial charge is 0.396 e. The van der Waals surface area contributed by atoms with Crippen LogP contribution in [0.4, 0.5) is 0 Å². The zero-order valence-electron chi connectivity index (χ0n) is 9.11. The van der Waals surface area contributed by atoms with E-state index in [0.29, 0.717) is 6.04 Å². The van der Waals surface area contributed by atoms with Crippen LogP contribution < -0.4 is 5.32 Å². The molecule has 0 aliphatic carbocycles. The Morgan fingerprint density at radius 2 is 2.40 bits per heavy atom. The van der Waals surface area contributed by atoms with E-state index in [9.17, 15) is 0 Å². The van der Waals surface area contributed by atoms with Gasteiger partial charge in [0.05, 0.1) is 6.04 Å². The molecule has 84 valence electrons. The average Bonchev–Trinajstić information content (AvgIpc) is 2.84. The summed E-state index contributed by atoms with van der Waals surface area (Å²) in [7, 11) is 0. The Labute approximate surface area is 89.5 Å². The molecule has 1 atom stereocenters. The lowest BCUT2D eigenvalue weighted by atomic mass is 10.2. The van der Waals surface area contributed by atoms with Crippen LogP contribution in [0, 0.1) is 6.92 Å². The van der Waals surface area contributed by atoms with Crippen LogP contribution in [-0.4, -0.2) is 33.0 Å². The van der Waals surface area contributed by atoms with Crippen molar-refractivity contribution in [3.63, 3.8) is 0 Å². The van der Waals surface area contributed by atoms with Crippen molar-refractivity contribution in [3.8, 4) is 0 Å². The topological polar surface area (TPSA) is 63.0 Å². The first-order valence-corrected chi connectivity index (χ1v) is 5.57. The second kappa shape index (κ2) is 4.72. The van der Waals surface area contributed by atoms with E-state index in [4.69, 9.17) is 5.11 Å². The predicted octanol–water partition coefficient (Wildman–Crippen LogP) is 0.393. The quantitative estimate of drug-likeness (QED) is 0.755. The molecule has 2 rings (SSSR count). The minimum absolute atomic E-state index is 0.217. The van der Waals surface area contributed by atoms with Crippen LogP contribution in [0.2, 0.25) is 0 Å². The fourth-order valence-corrected chi connectivity index (χ4v) is 2.07. The Hall–Kier alpha value is -0.940. The van der Waals surface area contributed by atoms with Crippen molar-refractivity contribution in [2.75, 3.05) is 13.2 Å². The molecular weight excluding hydrogens is 192 g/mol. The molecule has 1 aliphatic heterocycles. The second-order valence-electron chi connectivity index (χ2n) is 3.98. The molecule has 2 N–H and O–H groups in total. The molecule has 5 nitrogen and oxygen atoms in total. The molecule has 0 spiro atoms. The van der Waals surface area contributed by atoms with Crippen LogP contribution >= 0.6 is 0 Å². The number of nitrogens with one attached hydrogen (secondary N) is 1. The lowest BCUT2D eigenvalue weighted by Gasteiger charge is -2.12. The molecule has 1 fully saturated rings. The van der Waals surface area contributed by atoms with Crippen LogP contribution in [0.25, 0.3) is 0 Å². The fraction of sp³-hybridized carbons (Fsp3) is 0.800. The predicted molar refractivity (Wildman–Crippen MR) is 56.4 cm³/mol. The Bertz CT molecular complexity index is 317. The molecule has 1 aromatic rings. The van der Waals surface area contributed by atoms with Gasteiger partial charge in [0.1, 0.15) is 11.6 Å². The van der Waals surface area contributed by atoms with Crippen LogP contribution in [0.15, 0.2) is 0 Å². The summed E-state index contributed by atoms with van der Waals surface area (Å²) in [4.78, 5) is 0. The third kappa shape index (κ3) is 2.18. The summed E-state index contributed by atoms with van der Waals surface area (Å²) in [5.74, 6) is 1.96. The number of aryl methyl sites for hydroxylation is 1. The smallest absolute Gasteiger partial charge is 0.150 e. The molecular formula is C10H18N4O. The van der Waals surface area contributed by atoms with Gasteiger partial charge in [-0.15, -0.1) is 10.2 Å². The Balaban J connectivity index is 2.14. The number of aromatic nitrogens is 3. The number of aliphatic hydroxyl groups excluding tert-OH is 1. The van der Waals surface area contributed by atoms with Crippen molar-refractivity contribution >= 4 is 0 Å². The van der Waals surface area contributed by atoms with Crippen LogP contribution in [0.5, 0.6) is 0 Å². The number of hydrogen-bond acceptors (Lipinski definition) is 4. The maximum atomic E-state index is 8.84. The molecule has 1 saturated heterocycles. The standard InChI is InChI=1S/C10H18N4O/c1-8-12-13-10(9-4-2-5-11-9)14(8)6-3-7-15/h9,11,15H,2-7H2,1H3. The number of hydrogen-bond donors (Lipinski definition) is 2. The highest BCUT2D eigenvalue weighted by Crippen LogP contribution is 2.21. The third-order valence-electron chi connectivity index (χ3n) is 2.88. The van der Waals surface area contributed by atoms with E-state index in [2.05, 4.69) is 20.1 Å². The molecule has 5 heteroatoms. The summed E-state index contributed by atoms with van der Waals surface area (Å²) < 4.78 is 2.11. The van der Waals surface area contributed by atoms with E-state index >= 15 is 0 Å². The number of aliphatic hydroxyl groups is 1. The highest BCUT2D eigenvalue weighted by molar-refractivity contribution is 5.02. The van der Waals surface area contributed by atoms with Gasteiger partial charge in [-0.05, 0) is 32.7 Å². The Morgan fingerprint density at radius 1 is 1.53 bits per heavy atom. The monoisotopic (exact) mass is 210 g/mol. The number of rotatable bonds is 4. The van der Waals surface area contributed by atoms with Gasteiger partial charge in [0, 0.05) is 13.2 Å². The molecule has 2 heterocycles. The molecule has 0 saturated carbocycles. The van der Waals surface area contributed by atoms with Gasteiger partial charge in [-0.1, -0.05) is 0 Å². The molecule has 0 amide bonds. The zero-order valence-corrected chi connectivity index (χ0v) is 9.11. The maximum absolute atomic E-state index is 8.84. The van der Waals surface area contributed by atoms with E-state index in [1.165, 1.54) is 6.42 Å². The first-order valence-electron chi connectivity index (χ1n) is 5.57. The van der Waals surface area contributed by atoms with Gasteiger partial charge in [-0.3, -0.25) is 0 Å². The van der Waals surface area contributed by atoms with Crippen LogP contribution in [-0.2, 0) is 6.54 Å². The van der Waals surface area contributed by atoms with Gasteiger partial charge in [0.25, 0.3) is 0 Å². The highest BCUT2D eigenvalue weighted by Gasteiger charge is 2.22. The van der Waals surface area contributed by atoms with Crippen molar-refractivity contribution in [1.29, 1.82) is 0 Å². The van der Waals surface area contributed by atoms with E-state index in [1.54, 1.807) is 0 Å². The average molecular weight is 210 g/mol. The van der Waals surface area contributed by atoms with Crippen molar-refractivity contribution in [2.45, 2.75) is 38.8 Å². The zero-order chi connectivity index (χ0) is 10.7. The number of nitrogens with zero attached hydrogens (tertiary/aromatic N) is 3. The lowest BCUT2D eigenvalue weighted by molar-refractivity contribution is 0.277. The van der Waals surface area contributed by atoms with Gasteiger partial charge in [0.15, 0.2) is 0 Å². The van der Waals surface area contributed by atoms with Gasteiger partial charge < -0.3 is 15.0 Å². The normalized spacial score (nSPS) is 21.1.